The van der Waals surface area contributed by atoms with Gasteiger partial charge in [0, 0.05) is 26.7 Å². The molecule has 0 aromatic rings. The smallest absolute Gasteiger partial charge is 0.372 e. The molecule has 0 aromatic heterocycles. The number of aliphatic imine (C=N–C) groups is 1. The van der Waals surface area contributed by atoms with E-state index < -0.39 is 12.8 Å². The fourth-order valence-electron chi connectivity index (χ4n) is 2.58. The Morgan fingerprint density at radius 1 is 1.17 bits per heavy atom. The van der Waals surface area contributed by atoms with Crippen molar-refractivity contribution in [2.45, 2.75) is 38.8 Å². The summed E-state index contributed by atoms with van der Waals surface area (Å²) < 4.78 is 40.3. The molecule has 1 heterocycles. The molecule has 0 aromatic carbocycles. The Morgan fingerprint density at radius 3 is 2.38 bits per heavy atom. The molecule has 1 aliphatic heterocycles. The van der Waals surface area contributed by atoms with Crippen LogP contribution in [0.15, 0.2) is 4.99 Å². The SMILES string of the molecule is CN=C(NCCCOCC(F)(F)F)NCCCN1CCC(C)CC1. The van der Waals surface area contributed by atoms with Crippen molar-refractivity contribution in [1.29, 1.82) is 0 Å². The summed E-state index contributed by atoms with van der Waals surface area (Å²) in [4.78, 5) is 6.60. The van der Waals surface area contributed by atoms with E-state index in [0.717, 1.165) is 25.4 Å². The molecule has 2 N–H and O–H groups in total. The Bertz CT molecular complexity index is 356. The number of nitrogens with zero attached hydrogens (tertiary/aromatic N) is 2. The molecule has 0 radical (unpaired) electrons. The van der Waals surface area contributed by atoms with Crippen molar-refractivity contribution in [1.82, 2.24) is 15.5 Å². The van der Waals surface area contributed by atoms with Gasteiger partial charge in [-0.25, -0.2) is 0 Å². The zero-order chi connectivity index (χ0) is 17.8. The first-order chi connectivity index (χ1) is 11.4. The van der Waals surface area contributed by atoms with Crippen LogP contribution in [0.1, 0.15) is 32.6 Å². The maximum atomic E-state index is 11.9. The highest BCUT2D eigenvalue weighted by atomic mass is 19.4. The van der Waals surface area contributed by atoms with Crippen LogP contribution in [0.3, 0.4) is 0 Å². The monoisotopic (exact) mass is 352 g/mol. The van der Waals surface area contributed by atoms with Crippen molar-refractivity contribution >= 4 is 5.96 Å². The summed E-state index contributed by atoms with van der Waals surface area (Å²) >= 11 is 0. The first kappa shape index (κ1) is 21.0. The van der Waals surface area contributed by atoms with Crippen LogP contribution in [0.25, 0.3) is 0 Å². The van der Waals surface area contributed by atoms with Crippen molar-refractivity contribution in [3.05, 3.63) is 0 Å². The number of halogens is 3. The third-order valence-electron chi connectivity index (χ3n) is 4.07. The van der Waals surface area contributed by atoms with Crippen molar-refractivity contribution < 1.29 is 17.9 Å². The van der Waals surface area contributed by atoms with Crippen molar-refractivity contribution in [2.24, 2.45) is 10.9 Å². The van der Waals surface area contributed by atoms with Crippen LogP contribution in [-0.4, -0.2) is 70.0 Å². The van der Waals surface area contributed by atoms with Crippen LogP contribution in [0, 0.1) is 5.92 Å². The fourth-order valence-corrected chi connectivity index (χ4v) is 2.58. The number of piperidine rings is 1. The van der Waals surface area contributed by atoms with Gasteiger partial charge in [-0.05, 0) is 51.2 Å². The van der Waals surface area contributed by atoms with Crippen LogP contribution in [0.5, 0.6) is 0 Å². The molecule has 142 valence electrons. The van der Waals surface area contributed by atoms with E-state index in [1.807, 2.05) is 0 Å². The Kier molecular flexibility index (Phi) is 10.1. The van der Waals surface area contributed by atoms with E-state index in [9.17, 15) is 13.2 Å². The minimum absolute atomic E-state index is 0.0802. The predicted molar refractivity (Wildman–Crippen MR) is 90.3 cm³/mol. The highest BCUT2D eigenvalue weighted by Crippen LogP contribution is 2.15. The average molecular weight is 352 g/mol. The highest BCUT2D eigenvalue weighted by molar-refractivity contribution is 5.79. The minimum atomic E-state index is -4.25. The molecule has 0 atom stereocenters. The molecule has 1 aliphatic rings. The Hall–Kier alpha value is -1.02. The number of alkyl halides is 3. The highest BCUT2D eigenvalue weighted by Gasteiger charge is 2.27. The van der Waals surface area contributed by atoms with Gasteiger partial charge >= 0.3 is 6.18 Å². The number of hydrogen-bond donors (Lipinski definition) is 2. The van der Waals surface area contributed by atoms with E-state index in [2.05, 4.69) is 32.2 Å². The van der Waals surface area contributed by atoms with Gasteiger partial charge in [0.2, 0.25) is 0 Å². The largest absolute Gasteiger partial charge is 0.411 e. The van der Waals surface area contributed by atoms with Gasteiger partial charge in [-0.15, -0.1) is 0 Å². The van der Waals surface area contributed by atoms with Crippen molar-refractivity contribution in [3.63, 3.8) is 0 Å². The summed E-state index contributed by atoms with van der Waals surface area (Å²) in [5.41, 5.74) is 0. The van der Waals surface area contributed by atoms with Crippen LogP contribution >= 0.6 is 0 Å². The normalized spacial score (nSPS) is 18.0. The number of guanidine groups is 1. The molecule has 1 rings (SSSR count). The second-order valence-corrected chi connectivity index (χ2v) is 6.32. The van der Waals surface area contributed by atoms with Crippen LogP contribution in [-0.2, 0) is 4.74 Å². The van der Waals surface area contributed by atoms with E-state index >= 15 is 0 Å². The number of ether oxygens (including phenoxy) is 1. The summed E-state index contributed by atoms with van der Waals surface area (Å²) in [5.74, 6) is 1.53. The number of nitrogens with one attached hydrogen (secondary N) is 2. The molecule has 8 heteroatoms. The first-order valence-corrected chi connectivity index (χ1v) is 8.72. The number of hydrogen-bond acceptors (Lipinski definition) is 3. The van der Waals surface area contributed by atoms with Gasteiger partial charge in [0.25, 0.3) is 0 Å². The molecule has 1 saturated heterocycles. The van der Waals surface area contributed by atoms with E-state index in [4.69, 9.17) is 0 Å². The summed E-state index contributed by atoms with van der Waals surface area (Å²) in [6.07, 6.45) is -0.135. The molecular formula is C16H31F3N4O. The Balaban J connectivity index is 1.98. The molecule has 24 heavy (non-hydrogen) atoms. The molecule has 0 saturated carbocycles. The van der Waals surface area contributed by atoms with Crippen molar-refractivity contribution in [3.8, 4) is 0 Å². The molecule has 0 amide bonds. The van der Waals surface area contributed by atoms with E-state index in [0.29, 0.717) is 18.9 Å². The molecule has 0 unspecified atom stereocenters. The second-order valence-electron chi connectivity index (χ2n) is 6.32. The number of rotatable bonds is 9. The molecule has 5 nitrogen and oxygen atoms in total. The van der Waals surface area contributed by atoms with Gasteiger partial charge in [-0.1, -0.05) is 6.92 Å². The fraction of sp³-hybridized carbons (Fsp3) is 0.938. The van der Waals surface area contributed by atoms with Gasteiger partial charge in [-0.3, -0.25) is 4.99 Å². The topological polar surface area (TPSA) is 48.9 Å². The summed E-state index contributed by atoms with van der Waals surface area (Å²) in [6, 6.07) is 0. The molecule has 0 spiro atoms. The summed E-state index contributed by atoms with van der Waals surface area (Å²) in [5, 5.41) is 6.30. The van der Waals surface area contributed by atoms with E-state index in [1.165, 1.54) is 25.9 Å². The first-order valence-electron chi connectivity index (χ1n) is 8.72. The third kappa shape index (κ3) is 10.7. The average Bonchev–Trinajstić information content (AvgIpc) is 2.53. The lowest BCUT2D eigenvalue weighted by Crippen LogP contribution is -2.40. The summed E-state index contributed by atoms with van der Waals surface area (Å²) in [6.45, 7) is 6.02. The maximum Gasteiger partial charge on any atom is 0.411 e. The molecular weight excluding hydrogens is 321 g/mol. The van der Waals surface area contributed by atoms with E-state index in [1.54, 1.807) is 7.05 Å². The lowest BCUT2D eigenvalue weighted by molar-refractivity contribution is -0.173. The Morgan fingerprint density at radius 2 is 1.79 bits per heavy atom. The van der Waals surface area contributed by atoms with Crippen LogP contribution in [0.2, 0.25) is 0 Å². The zero-order valence-corrected chi connectivity index (χ0v) is 14.8. The van der Waals surface area contributed by atoms with Crippen molar-refractivity contribution in [2.75, 3.05) is 53.0 Å². The summed E-state index contributed by atoms with van der Waals surface area (Å²) in [7, 11) is 1.68. The second kappa shape index (κ2) is 11.5. The third-order valence-corrected chi connectivity index (χ3v) is 4.07. The van der Waals surface area contributed by atoms with Crippen LogP contribution < -0.4 is 10.6 Å². The zero-order valence-electron chi connectivity index (χ0n) is 14.8. The van der Waals surface area contributed by atoms with Gasteiger partial charge in [0.05, 0.1) is 0 Å². The molecule has 0 aliphatic carbocycles. The molecule has 0 bridgehead atoms. The predicted octanol–water partition coefficient (Wildman–Crippen LogP) is 2.24. The van der Waals surface area contributed by atoms with Gasteiger partial charge in [0.15, 0.2) is 5.96 Å². The number of likely N-dealkylation sites (tertiary alicyclic amines) is 1. The molecule has 1 fully saturated rings. The quantitative estimate of drug-likeness (QED) is 0.380. The van der Waals surface area contributed by atoms with Gasteiger partial charge in [-0.2, -0.15) is 13.2 Å². The van der Waals surface area contributed by atoms with Gasteiger partial charge < -0.3 is 20.3 Å². The van der Waals surface area contributed by atoms with Crippen LogP contribution in [0.4, 0.5) is 13.2 Å². The standard InChI is InChI=1S/C16H31F3N4O/c1-14-5-10-23(11-6-14)9-3-7-21-15(20-2)22-8-4-12-24-13-16(17,18)19/h14H,3-13H2,1-2H3,(H2,20,21,22). The minimum Gasteiger partial charge on any atom is -0.372 e. The lowest BCUT2D eigenvalue weighted by Gasteiger charge is -2.30. The Labute approximate surface area is 143 Å². The maximum absolute atomic E-state index is 11.9. The van der Waals surface area contributed by atoms with Gasteiger partial charge in [0.1, 0.15) is 6.61 Å². The lowest BCUT2D eigenvalue weighted by atomic mass is 9.99. The van der Waals surface area contributed by atoms with E-state index in [-0.39, 0.29) is 6.61 Å².